The van der Waals surface area contributed by atoms with Gasteiger partial charge in [0, 0.05) is 36.5 Å². The van der Waals surface area contributed by atoms with E-state index in [-0.39, 0.29) is 0 Å². The van der Waals surface area contributed by atoms with Crippen LogP contribution in [-0.4, -0.2) is 40.0 Å². The first-order valence-electron chi connectivity index (χ1n) is 10.4. The Balaban J connectivity index is 1.51. The maximum atomic E-state index is 4.81. The van der Waals surface area contributed by atoms with Gasteiger partial charge in [-0.2, -0.15) is 5.10 Å². The van der Waals surface area contributed by atoms with E-state index in [1.165, 1.54) is 5.56 Å². The zero-order chi connectivity index (χ0) is 21.1. The standard InChI is InChI=1S/C22H28N8/c1-15(2)11-20-23-21(12-16(3)4)30(26-20)13-17-5-7-19(8-6-17)29-10-9-18(14-29)22-24-27-28-25-22/h5-10,14-16H,11-13H2,1-4H3,(H,24,25,27,28). The molecule has 0 atom stereocenters. The Labute approximate surface area is 176 Å². The minimum atomic E-state index is 0.546. The first kappa shape index (κ1) is 20.0. The molecule has 3 heterocycles. The summed E-state index contributed by atoms with van der Waals surface area (Å²) in [4.78, 5) is 4.81. The van der Waals surface area contributed by atoms with E-state index < -0.39 is 0 Å². The second kappa shape index (κ2) is 8.61. The van der Waals surface area contributed by atoms with Crippen LogP contribution in [0.3, 0.4) is 0 Å². The van der Waals surface area contributed by atoms with Gasteiger partial charge >= 0.3 is 0 Å². The van der Waals surface area contributed by atoms with E-state index >= 15 is 0 Å². The van der Waals surface area contributed by atoms with Crippen LogP contribution in [0.15, 0.2) is 42.7 Å². The zero-order valence-corrected chi connectivity index (χ0v) is 17.9. The summed E-state index contributed by atoms with van der Waals surface area (Å²) in [6.07, 6.45) is 5.86. The number of H-pyrrole nitrogens is 1. The number of nitrogens with one attached hydrogen (secondary N) is 1. The SMILES string of the molecule is CC(C)Cc1nc(CC(C)C)n(Cc2ccc(-n3ccc(-c4nnn[nH]4)c3)cc2)n1. The number of aromatic nitrogens is 8. The van der Waals surface area contributed by atoms with Crippen molar-refractivity contribution in [2.75, 3.05) is 0 Å². The fourth-order valence-electron chi connectivity index (χ4n) is 3.45. The fraction of sp³-hybridized carbons (Fsp3) is 0.409. The molecule has 0 fully saturated rings. The van der Waals surface area contributed by atoms with Crippen molar-refractivity contribution in [2.24, 2.45) is 11.8 Å². The largest absolute Gasteiger partial charge is 0.323 e. The molecule has 0 bridgehead atoms. The zero-order valence-electron chi connectivity index (χ0n) is 17.9. The minimum Gasteiger partial charge on any atom is -0.323 e. The van der Waals surface area contributed by atoms with Crippen LogP contribution in [0.1, 0.15) is 44.9 Å². The first-order chi connectivity index (χ1) is 14.5. The lowest BCUT2D eigenvalue weighted by Crippen LogP contribution is -2.09. The highest BCUT2D eigenvalue weighted by atomic mass is 15.5. The fourth-order valence-corrected chi connectivity index (χ4v) is 3.45. The summed E-state index contributed by atoms with van der Waals surface area (Å²) >= 11 is 0. The predicted octanol–water partition coefficient (Wildman–Crippen LogP) is 3.69. The molecule has 30 heavy (non-hydrogen) atoms. The molecule has 0 saturated carbocycles. The van der Waals surface area contributed by atoms with E-state index in [0.29, 0.717) is 17.7 Å². The molecule has 0 spiro atoms. The second-order valence-electron chi connectivity index (χ2n) is 8.52. The van der Waals surface area contributed by atoms with Gasteiger partial charge in [0.1, 0.15) is 5.82 Å². The van der Waals surface area contributed by atoms with Crippen molar-refractivity contribution in [3.63, 3.8) is 0 Å². The third kappa shape index (κ3) is 4.64. The molecule has 0 amide bonds. The van der Waals surface area contributed by atoms with E-state index in [0.717, 1.165) is 42.3 Å². The van der Waals surface area contributed by atoms with Gasteiger partial charge in [0.15, 0.2) is 11.6 Å². The molecule has 8 heteroatoms. The molecule has 0 saturated heterocycles. The summed E-state index contributed by atoms with van der Waals surface area (Å²) in [6, 6.07) is 10.5. The molecule has 8 nitrogen and oxygen atoms in total. The van der Waals surface area contributed by atoms with Gasteiger partial charge in [-0.25, -0.2) is 14.8 Å². The number of hydrogen-bond acceptors (Lipinski definition) is 5. The van der Waals surface area contributed by atoms with Crippen LogP contribution < -0.4 is 0 Å². The van der Waals surface area contributed by atoms with Gasteiger partial charge in [-0.1, -0.05) is 39.8 Å². The highest BCUT2D eigenvalue weighted by molar-refractivity contribution is 5.54. The summed E-state index contributed by atoms with van der Waals surface area (Å²) in [5.41, 5.74) is 3.23. The van der Waals surface area contributed by atoms with Crippen molar-refractivity contribution in [1.29, 1.82) is 0 Å². The van der Waals surface area contributed by atoms with Gasteiger partial charge in [-0.15, -0.1) is 5.10 Å². The number of benzene rings is 1. The van der Waals surface area contributed by atoms with Gasteiger partial charge in [-0.05, 0) is 46.0 Å². The van der Waals surface area contributed by atoms with E-state index in [9.17, 15) is 0 Å². The molecule has 0 aliphatic heterocycles. The monoisotopic (exact) mass is 404 g/mol. The number of aromatic amines is 1. The Bertz CT molecular complexity index is 1070. The molecule has 1 aromatic carbocycles. The summed E-state index contributed by atoms with van der Waals surface area (Å²) < 4.78 is 4.12. The Morgan fingerprint density at radius 3 is 2.40 bits per heavy atom. The minimum absolute atomic E-state index is 0.546. The van der Waals surface area contributed by atoms with Gasteiger partial charge < -0.3 is 4.57 Å². The predicted molar refractivity (Wildman–Crippen MR) is 115 cm³/mol. The summed E-state index contributed by atoms with van der Waals surface area (Å²) in [6.45, 7) is 9.57. The molecule has 1 N–H and O–H groups in total. The Morgan fingerprint density at radius 1 is 0.967 bits per heavy atom. The normalized spacial score (nSPS) is 11.7. The molecule has 0 unspecified atom stereocenters. The number of hydrogen-bond donors (Lipinski definition) is 1. The molecular weight excluding hydrogens is 376 g/mol. The molecule has 0 radical (unpaired) electrons. The van der Waals surface area contributed by atoms with Crippen LogP contribution in [-0.2, 0) is 19.4 Å². The lowest BCUT2D eigenvalue weighted by molar-refractivity contribution is 0.560. The van der Waals surface area contributed by atoms with Crippen LogP contribution in [0.2, 0.25) is 0 Å². The molecule has 0 aliphatic carbocycles. The lowest BCUT2D eigenvalue weighted by atomic mass is 10.1. The van der Waals surface area contributed by atoms with Crippen molar-refractivity contribution in [3.8, 4) is 17.1 Å². The molecule has 4 aromatic rings. The van der Waals surface area contributed by atoms with Crippen molar-refractivity contribution in [2.45, 2.75) is 47.1 Å². The Kier molecular flexibility index (Phi) is 5.74. The van der Waals surface area contributed by atoms with Crippen molar-refractivity contribution in [1.82, 2.24) is 40.0 Å². The highest BCUT2D eigenvalue weighted by Gasteiger charge is 2.13. The molecular formula is C22H28N8. The molecule has 156 valence electrons. The highest BCUT2D eigenvalue weighted by Crippen LogP contribution is 2.19. The van der Waals surface area contributed by atoms with E-state index in [2.05, 4.69) is 81.8 Å². The maximum absolute atomic E-state index is 4.81. The van der Waals surface area contributed by atoms with E-state index in [1.54, 1.807) is 0 Å². The van der Waals surface area contributed by atoms with Crippen molar-refractivity contribution >= 4 is 0 Å². The van der Waals surface area contributed by atoms with E-state index in [4.69, 9.17) is 10.1 Å². The van der Waals surface area contributed by atoms with E-state index in [1.807, 2.05) is 18.5 Å². The first-order valence-corrected chi connectivity index (χ1v) is 10.4. The van der Waals surface area contributed by atoms with Gasteiger partial charge in [0.05, 0.1) is 6.54 Å². The maximum Gasteiger partial charge on any atom is 0.180 e. The summed E-state index contributed by atoms with van der Waals surface area (Å²) in [5, 5.41) is 18.8. The van der Waals surface area contributed by atoms with Crippen molar-refractivity contribution < 1.29 is 0 Å². The van der Waals surface area contributed by atoms with Crippen LogP contribution in [0.25, 0.3) is 17.1 Å². The third-order valence-corrected chi connectivity index (χ3v) is 4.85. The summed E-state index contributed by atoms with van der Waals surface area (Å²) in [5.74, 6) is 3.77. The number of rotatable bonds is 8. The molecule has 0 aliphatic rings. The van der Waals surface area contributed by atoms with Gasteiger partial charge in [-0.3, -0.25) is 0 Å². The molecule has 3 aromatic heterocycles. The average molecular weight is 405 g/mol. The number of tetrazole rings is 1. The molecule has 4 rings (SSSR count). The lowest BCUT2D eigenvalue weighted by Gasteiger charge is -2.09. The second-order valence-corrected chi connectivity index (χ2v) is 8.52. The topological polar surface area (TPSA) is 90.1 Å². The third-order valence-electron chi connectivity index (χ3n) is 4.85. The quantitative estimate of drug-likeness (QED) is 0.484. The van der Waals surface area contributed by atoms with Crippen molar-refractivity contribution in [3.05, 3.63) is 59.9 Å². The Morgan fingerprint density at radius 2 is 1.73 bits per heavy atom. The summed E-state index contributed by atoms with van der Waals surface area (Å²) in [7, 11) is 0. The van der Waals surface area contributed by atoms with Gasteiger partial charge in [0.25, 0.3) is 0 Å². The van der Waals surface area contributed by atoms with Gasteiger partial charge in [0.2, 0.25) is 0 Å². The Hall–Kier alpha value is -3.29. The van der Waals surface area contributed by atoms with Crippen LogP contribution >= 0.6 is 0 Å². The smallest absolute Gasteiger partial charge is 0.180 e. The van der Waals surface area contributed by atoms with Crippen LogP contribution in [0.5, 0.6) is 0 Å². The van der Waals surface area contributed by atoms with Crippen LogP contribution in [0.4, 0.5) is 0 Å². The average Bonchev–Trinajstić information content (AvgIpc) is 3.43. The number of nitrogens with zero attached hydrogens (tertiary/aromatic N) is 7. The van der Waals surface area contributed by atoms with Crippen LogP contribution in [0, 0.1) is 11.8 Å².